The predicted octanol–water partition coefficient (Wildman–Crippen LogP) is 9.82. The molecular weight excluding hydrogens is 671 g/mol. The maximum absolute atomic E-state index is 12.8. The Bertz CT molecular complexity index is 1760. The Labute approximate surface area is 325 Å². The quantitative estimate of drug-likeness (QED) is 0.205. The molecule has 1 aromatic heterocycles. The van der Waals surface area contributed by atoms with Crippen LogP contribution < -0.4 is 10.1 Å². The zero-order chi connectivity index (χ0) is 38.9. The highest BCUT2D eigenvalue weighted by molar-refractivity contribution is 5.75. The van der Waals surface area contributed by atoms with Gasteiger partial charge in [-0.15, -0.1) is 0 Å². The van der Waals surface area contributed by atoms with E-state index in [2.05, 4.69) is 83.6 Å². The number of carbonyl (C=O) groups is 1. The monoisotopic (exact) mass is 738 g/mol. The zero-order valence-electron chi connectivity index (χ0n) is 34.3. The van der Waals surface area contributed by atoms with Gasteiger partial charge in [0, 0.05) is 18.3 Å². The highest BCUT2D eigenvalue weighted by Crippen LogP contribution is 2.76. The number of pyridine rings is 1. The molecular formula is C47H67N3O4. The molecule has 1 heterocycles. The number of aliphatic hydroxyl groups is 1. The normalized spacial score (nSPS) is 41.4. The number of nitrogens with one attached hydrogen (secondary N) is 1. The van der Waals surface area contributed by atoms with Crippen LogP contribution in [0.1, 0.15) is 138 Å². The summed E-state index contributed by atoms with van der Waals surface area (Å²) in [6.45, 7) is 22.6. The Morgan fingerprint density at radius 3 is 2.48 bits per heavy atom. The van der Waals surface area contributed by atoms with E-state index in [9.17, 15) is 20.3 Å². The van der Waals surface area contributed by atoms with Gasteiger partial charge in [0.1, 0.15) is 23.7 Å². The minimum atomic E-state index is -1.05. The highest BCUT2D eigenvalue weighted by Gasteiger charge is 2.70. The third-order valence-corrected chi connectivity index (χ3v) is 17.6. The van der Waals surface area contributed by atoms with Crippen LogP contribution in [0.3, 0.4) is 0 Å². The Balaban J connectivity index is 1.14. The first-order valence-electron chi connectivity index (χ1n) is 21.2. The fourth-order valence-corrected chi connectivity index (χ4v) is 14.4. The molecule has 0 amide bonds. The van der Waals surface area contributed by atoms with Crippen molar-refractivity contribution < 1.29 is 19.7 Å². The third-order valence-electron chi connectivity index (χ3n) is 17.6. The molecule has 4 saturated carbocycles. The molecule has 1 aromatic rings. The van der Waals surface area contributed by atoms with Gasteiger partial charge < -0.3 is 20.3 Å². The average molecular weight is 738 g/mol. The molecule has 7 rings (SSSR count). The van der Waals surface area contributed by atoms with Crippen molar-refractivity contribution in [2.45, 2.75) is 144 Å². The lowest BCUT2D eigenvalue weighted by molar-refractivity contribution is -0.221. The molecule has 7 heteroatoms. The summed E-state index contributed by atoms with van der Waals surface area (Å²) in [5.41, 5.74) is 4.17. The number of aliphatic hydroxyl groups excluding tert-OH is 1. The number of nitrogens with zero attached hydrogens (tertiary/aromatic N) is 2. The van der Waals surface area contributed by atoms with Gasteiger partial charge in [0.15, 0.2) is 0 Å². The predicted molar refractivity (Wildman–Crippen MR) is 213 cm³/mol. The standard InChI is InChI=1S/C47H67N3O4/c1-9-33(51)28-50-47-23-16-34(30(2)3)39(47)36-12-13-38-43(6)19-17-35(42(4,5)37(43)18-20-45(38,8)44(36,7)24-25-47)31-14-21-46(22-15-31,41(52)53)29-54-40-32(27-48)11-10-26-49-40/h10-11,14,17,26,33-34,36-39,50-51H,2,9,12-13,15-16,18-25,28-29H2,1,3-8H3,(H,52,53)/t33-,34+,36-,37+,38-,39-,43+,44-,45-,46+,47+/m1/s1. The van der Waals surface area contributed by atoms with Crippen molar-refractivity contribution in [1.82, 2.24) is 10.3 Å². The van der Waals surface area contributed by atoms with E-state index < -0.39 is 11.4 Å². The van der Waals surface area contributed by atoms with Gasteiger partial charge in [0.25, 0.3) is 0 Å². The summed E-state index contributed by atoms with van der Waals surface area (Å²) >= 11 is 0. The lowest BCUT2D eigenvalue weighted by Crippen LogP contribution is -2.68. The number of β-amino-alcohol motifs (C(OH)–C–C–N with tert-alkyl or cyclic N) is 1. The molecule has 6 aliphatic carbocycles. The molecule has 6 aliphatic rings. The second kappa shape index (κ2) is 13.9. The number of fused-ring (bicyclic) bond motifs is 7. The van der Waals surface area contributed by atoms with Crippen LogP contribution in [-0.4, -0.2) is 46.0 Å². The van der Waals surface area contributed by atoms with E-state index in [4.69, 9.17) is 4.74 Å². The summed E-state index contributed by atoms with van der Waals surface area (Å²) in [6, 6.07) is 5.44. The van der Waals surface area contributed by atoms with E-state index in [1.807, 2.05) is 0 Å². The molecule has 11 atom stereocenters. The number of hydrogen-bond acceptors (Lipinski definition) is 6. The van der Waals surface area contributed by atoms with Gasteiger partial charge in [-0.2, -0.15) is 5.26 Å². The first-order valence-corrected chi connectivity index (χ1v) is 21.2. The maximum Gasteiger partial charge on any atom is 0.313 e. The number of carboxylic acid groups (broad SMARTS) is 1. The molecule has 0 aromatic carbocycles. The summed E-state index contributed by atoms with van der Waals surface area (Å²) in [6.07, 6.45) is 19.4. The average Bonchev–Trinajstić information content (AvgIpc) is 3.54. The second-order valence-electron chi connectivity index (χ2n) is 20.1. The van der Waals surface area contributed by atoms with Crippen LogP contribution in [0.5, 0.6) is 5.88 Å². The number of carboxylic acids is 1. The van der Waals surface area contributed by atoms with E-state index in [1.54, 1.807) is 18.3 Å². The number of allylic oxidation sites excluding steroid dienone is 5. The topological polar surface area (TPSA) is 115 Å². The number of ether oxygens (including phenoxy) is 1. The molecule has 0 radical (unpaired) electrons. The molecule has 3 N–H and O–H groups in total. The van der Waals surface area contributed by atoms with Crippen LogP contribution in [0, 0.1) is 68.0 Å². The minimum absolute atomic E-state index is 0.00713. The SMILES string of the molecule is C=C(C)[C@@H]1CC[C@]2(NC[C@H](O)CC)CC[C@]3(C)[C@H](CC[C@@H]4[C@@]5(C)CC=C(C6=CC[C@](COc7ncccc7C#N)(C(=O)O)CC6)C(C)(C)[C@@H]5CC[C@]43C)[C@@H]12. The first-order chi connectivity index (χ1) is 25.5. The summed E-state index contributed by atoms with van der Waals surface area (Å²) < 4.78 is 5.94. The van der Waals surface area contributed by atoms with Gasteiger partial charge in [-0.3, -0.25) is 4.79 Å². The van der Waals surface area contributed by atoms with Crippen molar-refractivity contribution in [2.75, 3.05) is 13.2 Å². The number of aliphatic carboxylic acids is 1. The number of hydrogen-bond donors (Lipinski definition) is 3. The van der Waals surface area contributed by atoms with E-state index >= 15 is 0 Å². The largest absolute Gasteiger partial charge is 0.481 e. The van der Waals surface area contributed by atoms with Gasteiger partial charge in [-0.1, -0.05) is 65.8 Å². The Hall–Kier alpha value is -2.95. The summed E-state index contributed by atoms with van der Waals surface area (Å²) in [5, 5.41) is 34.6. The summed E-state index contributed by atoms with van der Waals surface area (Å²) in [7, 11) is 0. The van der Waals surface area contributed by atoms with Crippen molar-refractivity contribution >= 4 is 5.97 Å². The van der Waals surface area contributed by atoms with Gasteiger partial charge in [-0.05, 0) is 165 Å². The van der Waals surface area contributed by atoms with Crippen LogP contribution in [-0.2, 0) is 4.79 Å². The zero-order valence-corrected chi connectivity index (χ0v) is 34.3. The molecule has 0 spiro atoms. The van der Waals surface area contributed by atoms with Gasteiger partial charge in [0.05, 0.1) is 6.10 Å². The molecule has 0 bridgehead atoms. The van der Waals surface area contributed by atoms with E-state index in [-0.39, 0.29) is 45.8 Å². The highest BCUT2D eigenvalue weighted by atomic mass is 16.5. The molecule has 0 aliphatic heterocycles. The van der Waals surface area contributed by atoms with E-state index in [1.165, 1.54) is 68.1 Å². The summed E-state index contributed by atoms with van der Waals surface area (Å²) in [5.74, 6) is 2.34. The lowest BCUT2D eigenvalue weighted by atomic mass is 9.33. The third kappa shape index (κ3) is 5.86. The van der Waals surface area contributed by atoms with E-state index in [0.29, 0.717) is 61.0 Å². The minimum Gasteiger partial charge on any atom is -0.481 e. The fourth-order valence-electron chi connectivity index (χ4n) is 14.4. The van der Waals surface area contributed by atoms with Gasteiger partial charge in [0.2, 0.25) is 5.88 Å². The van der Waals surface area contributed by atoms with Crippen LogP contribution in [0.25, 0.3) is 0 Å². The van der Waals surface area contributed by atoms with Crippen molar-refractivity contribution in [3.8, 4) is 11.9 Å². The Morgan fingerprint density at radius 2 is 1.81 bits per heavy atom. The molecule has 0 unspecified atom stereocenters. The van der Waals surface area contributed by atoms with Crippen molar-refractivity contribution in [1.29, 1.82) is 5.26 Å². The van der Waals surface area contributed by atoms with Crippen molar-refractivity contribution in [2.24, 2.45) is 56.7 Å². The van der Waals surface area contributed by atoms with Crippen LogP contribution in [0.4, 0.5) is 0 Å². The molecule has 54 heavy (non-hydrogen) atoms. The van der Waals surface area contributed by atoms with Crippen LogP contribution in [0.2, 0.25) is 0 Å². The Kier molecular flexibility index (Phi) is 10.1. The van der Waals surface area contributed by atoms with Gasteiger partial charge in [-0.25, -0.2) is 4.98 Å². The smallest absolute Gasteiger partial charge is 0.313 e. The van der Waals surface area contributed by atoms with Crippen molar-refractivity contribution in [3.63, 3.8) is 0 Å². The Morgan fingerprint density at radius 1 is 1.04 bits per heavy atom. The second-order valence-corrected chi connectivity index (χ2v) is 20.1. The first kappa shape index (κ1) is 39.3. The molecule has 7 nitrogen and oxygen atoms in total. The lowest BCUT2D eigenvalue weighted by Gasteiger charge is -2.72. The summed E-state index contributed by atoms with van der Waals surface area (Å²) in [4.78, 5) is 17.0. The van der Waals surface area contributed by atoms with Crippen molar-refractivity contribution in [3.05, 3.63) is 59.3 Å². The van der Waals surface area contributed by atoms with E-state index in [0.717, 1.165) is 12.8 Å². The molecule has 294 valence electrons. The van der Waals surface area contributed by atoms with Gasteiger partial charge >= 0.3 is 5.97 Å². The fraction of sp³-hybridized carbons (Fsp3) is 0.723. The number of aromatic nitrogens is 1. The molecule has 4 fully saturated rings. The number of nitriles is 1. The number of rotatable bonds is 10. The maximum atomic E-state index is 12.8. The van der Waals surface area contributed by atoms with Crippen LogP contribution in [0.15, 0.2) is 53.8 Å². The van der Waals surface area contributed by atoms with Crippen LogP contribution >= 0.6 is 0 Å². The molecule has 0 saturated heterocycles.